The van der Waals surface area contributed by atoms with Crippen LogP contribution in [0.15, 0.2) is 65.7 Å². The van der Waals surface area contributed by atoms with Gasteiger partial charge < -0.3 is 4.74 Å². The minimum Gasteiger partial charge on any atom is -0.487 e. The fraction of sp³-hybridized carbons (Fsp3) is 0.0952. The second kappa shape index (κ2) is 8.59. The first kappa shape index (κ1) is 18.8. The predicted octanol–water partition coefficient (Wildman–Crippen LogP) is 7.28. The molecular weight excluding hydrogens is 389 g/mol. The van der Waals surface area contributed by atoms with E-state index in [0.717, 1.165) is 22.4 Å². The van der Waals surface area contributed by atoms with E-state index in [-0.39, 0.29) is 0 Å². The van der Waals surface area contributed by atoms with Crippen LogP contribution in [0.3, 0.4) is 0 Å². The van der Waals surface area contributed by atoms with E-state index in [0.29, 0.717) is 27.4 Å². The minimum atomic E-state index is 0.312. The highest BCUT2D eigenvalue weighted by molar-refractivity contribution is 6.35. The van der Waals surface area contributed by atoms with Crippen LogP contribution in [0.2, 0.25) is 15.1 Å². The van der Waals surface area contributed by atoms with Crippen LogP contribution >= 0.6 is 34.8 Å². The molecule has 0 unspecified atom stereocenters. The zero-order valence-electron chi connectivity index (χ0n) is 14.0. The lowest BCUT2D eigenvalue weighted by atomic mass is 10.2. The van der Waals surface area contributed by atoms with Gasteiger partial charge in [0.2, 0.25) is 0 Å². The number of rotatable bonds is 5. The summed E-state index contributed by atoms with van der Waals surface area (Å²) in [5.74, 6) is 0.589. The molecule has 0 fully saturated rings. The number of hydrogen-bond donors (Lipinski definition) is 0. The third-order valence-electron chi connectivity index (χ3n) is 3.82. The van der Waals surface area contributed by atoms with Crippen LogP contribution < -0.4 is 4.74 Å². The van der Waals surface area contributed by atoms with Crippen molar-refractivity contribution in [1.82, 2.24) is 0 Å². The molecule has 0 aliphatic heterocycles. The first-order valence-corrected chi connectivity index (χ1v) is 9.12. The van der Waals surface area contributed by atoms with Gasteiger partial charge in [-0.05, 0) is 54.4 Å². The molecule has 132 valence electrons. The zero-order valence-corrected chi connectivity index (χ0v) is 16.3. The Morgan fingerprint density at radius 1 is 0.923 bits per heavy atom. The van der Waals surface area contributed by atoms with Gasteiger partial charge in [0, 0.05) is 21.8 Å². The maximum absolute atomic E-state index is 6.33. The average Bonchev–Trinajstić information content (AvgIpc) is 2.61. The van der Waals surface area contributed by atoms with E-state index >= 15 is 0 Å². The van der Waals surface area contributed by atoms with E-state index in [1.165, 1.54) is 0 Å². The molecule has 2 nitrogen and oxygen atoms in total. The van der Waals surface area contributed by atoms with Gasteiger partial charge in [-0.1, -0.05) is 59.1 Å². The highest BCUT2D eigenvalue weighted by Crippen LogP contribution is 2.28. The van der Waals surface area contributed by atoms with Crippen LogP contribution in [-0.4, -0.2) is 6.21 Å². The Bertz CT molecular complexity index is 954. The average molecular weight is 405 g/mol. The van der Waals surface area contributed by atoms with Crippen molar-refractivity contribution in [2.45, 2.75) is 13.5 Å². The van der Waals surface area contributed by atoms with Crippen LogP contribution in [0, 0.1) is 6.92 Å². The molecule has 0 bridgehead atoms. The predicted molar refractivity (Wildman–Crippen MR) is 111 cm³/mol. The Morgan fingerprint density at radius 2 is 1.73 bits per heavy atom. The summed E-state index contributed by atoms with van der Waals surface area (Å²) in [4.78, 5) is 4.51. The number of halogens is 3. The fourth-order valence-electron chi connectivity index (χ4n) is 2.36. The Kier molecular flexibility index (Phi) is 6.20. The normalized spacial score (nSPS) is 11.1. The summed E-state index contributed by atoms with van der Waals surface area (Å²) in [5, 5.41) is 1.67. The molecule has 0 aliphatic carbocycles. The van der Waals surface area contributed by atoms with Gasteiger partial charge in [0.1, 0.15) is 12.4 Å². The van der Waals surface area contributed by atoms with Gasteiger partial charge in [-0.3, -0.25) is 4.99 Å². The number of nitrogens with zero attached hydrogens (tertiary/aromatic N) is 1. The third-order valence-corrected chi connectivity index (χ3v) is 4.70. The molecule has 3 rings (SSSR count). The van der Waals surface area contributed by atoms with Crippen molar-refractivity contribution in [2.24, 2.45) is 4.99 Å². The van der Waals surface area contributed by atoms with Gasteiger partial charge in [0.25, 0.3) is 0 Å². The van der Waals surface area contributed by atoms with Gasteiger partial charge in [0.15, 0.2) is 0 Å². The van der Waals surface area contributed by atoms with Crippen molar-refractivity contribution in [2.75, 3.05) is 0 Å². The van der Waals surface area contributed by atoms with Crippen molar-refractivity contribution in [3.63, 3.8) is 0 Å². The lowest BCUT2D eigenvalue weighted by Gasteiger charge is -2.10. The van der Waals surface area contributed by atoms with E-state index in [1.807, 2.05) is 55.5 Å². The second-order valence-electron chi connectivity index (χ2n) is 5.76. The van der Waals surface area contributed by atoms with Crippen LogP contribution in [0.1, 0.15) is 16.7 Å². The molecule has 0 saturated carbocycles. The minimum absolute atomic E-state index is 0.312. The van der Waals surface area contributed by atoms with Crippen LogP contribution in [0.5, 0.6) is 5.75 Å². The summed E-state index contributed by atoms with van der Waals surface area (Å²) in [6.45, 7) is 2.34. The Morgan fingerprint density at radius 3 is 2.46 bits per heavy atom. The molecule has 0 heterocycles. The first-order valence-electron chi connectivity index (χ1n) is 7.99. The summed E-state index contributed by atoms with van der Waals surface area (Å²) >= 11 is 18.4. The van der Waals surface area contributed by atoms with Crippen molar-refractivity contribution in [3.8, 4) is 5.75 Å². The highest BCUT2D eigenvalue weighted by atomic mass is 35.5. The molecule has 26 heavy (non-hydrogen) atoms. The van der Waals surface area contributed by atoms with E-state index in [2.05, 4.69) is 4.99 Å². The summed E-state index contributed by atoms with van der Waals surface area (Å²) in [6.07, 6.45) is 1.79. The molecule has 0 saturated heterocycles. The number of hydrogen-bond acceptors (Lipinski definition) is 2. The molecule has 0 N–H and O–H groups in total. The molecule has 0 radical (unpaired) electrons. The Balaban J connectivity index is 1.70. The summed E-state index contributed by atoms with van der Waals surface area (Å²) in [7, 11) is 0. The second-order valence-corrected chi connectivity index (χ2v) is 7.01. The van der Waals surface area contributed by atoms with Crippen molar-refractivity contribution in [1.29, 1.82) is 0 Å². The topological polar surface area (TPSA) is 21.6 Å². The van der Waals surface area contributed by atoms with Gasteiger partial charge in [-0.25, -0.2) is 0 Å². The van der Waals surface area contributed by atoms with Gasteiger partial charge >= 0.3 is 0 Å². The number of benzene rings is 3. The standard InChI is InChI=1S/C21H16Cl3NO/c1-14-4-2-3-5-20(14)25-12-15-6-9-21(19(24)10-15)26-13-16-7-8-17(22)11-18(16)23/h2-12H,13H2,1H3. The fourth-order valence-corrected chi connectivity index (χ4v) is 3.07. The summed E-state index contributed by atoms with van der Waals surface area (Å²) in [6, 6.07) is 18.8. The van der Waals surface area contributed by atoms with Gasteiger partial charge in [-0.15, -0.1) is 0 Å². The molecule has 3 aromatic rings. The van der Waals surface area contributed by atoms with Crippen LogP contribution in [-0.2, 0) is 6.61 Å². The summed E-state index contributed by atoms with van der Waals surface area (Å²) in [5.41, 5.74) is 3.79. The van der Waals surface area contributed by atoms with Crippen molar-refractivity contribution < 1.29 is 4.74 Å². The number of aliphatic imine (C=N–C) groups is 1. The quantitative estimate of drug-likeness (QED) is 0.409. The molecule has 3 aromatic carbocycles. The highest BCUT2D eigenvalue weighted by Gasteiger charge is 2.06. The zero-order chi connectivity index (χ0) is 18.5. The monoisotopic (exact) mass is 403 g/mol. The maximum Gasteiger partial charge on any atom is 0.138 e. The smallest absolute Gasteiger partial charge is 0.138 e. The number of ether oxygens (including phenoxy) is 1. The van der Waals surface area contributed by atoms with Gasteiger partial charge in [0.05, 0.1) is 10.7 Å². The van der Waals surface area contributed by atoms with Crippen molar-refractivity contribution >= 4 is 46.7 Å². The molecule has 5 heteroatoms. The summed E-state index contributed by atoms with van der Waals surface area (Å²) < 4.78 is 5.78. The third kappa shape index (κ3) is 4.79. The lowest BCUT2D eigenvalue weighted by molar-refractivity contribution is 0.306. The van der Waals surface area contributed by atoms with E-state index in [1.54, 1.807) is 18.3 Å². The van der Waals surface area contributed by atoms with Crippen molar-refractivity contribution in [3.05, 3.63) is 92.4 Å². The largest absolute Gasteiger partial charge is 0.487 e. The lowest BCUT2D eigenvalue weighted by Crippen LogP contribution is -1.97. The molecule has 0 aromatic heterocycles. The number of para-hydroxylation sites is 1. The Hall–Kier alpha value is -2.00. The SMILES string of the molecule is Cc1ccccc1N=Cc1ccc(OCc2ccc(Cl)cc2Cl)c(Cl)c1. The molecule has 0 spiro atoms. The van der Waals surface area contributed by atoms with Gasteiger partial charge in [-0.2, -0.15) is 0 Å². The van der Waals surface area contributed by atoms with E-state index in [9.17, 15) is 0 Å². The molecule has 0 atom stereocenters. The number of aryl methyl sites for hydroxylation is 1. The Labute approximate surface area is 168 Å². The molecule has 0 amide bonds. The molecular formula is C21H16Cl3NO. The van der Waals surface area contributed by atoms with Crippen LogP contribution in [0.4, 0.5) is 5.69 Å². The van der Waals surface area contributed by atoms with E-state index < -0.39 is 0 Å². The first-order chi connectivity index (χ1) is 12.5. The van der Waals surface area contributed by atoms with Crippen LogP contribution in [0.25, 0.3) is 0 Å². The maximum atomic E-state index is 6.33. The molecule has 0 aliphatic rings. The van der Waals surface area contributed by atoms with E-state index in [4.69, 9.17) is 39.5 Å².